The number of hydrogen-bond acceptors (Lipinski definition) is 5. The van der Waals surface area contributed by atoms with Gasteiger partial charge in [0.05, 0.1) is 16.6 Å². The molecule has 11 aromatic rings. The number of hydrogen-bond donors (Lipinski definition) is 0. The number of pyridine rings is 1. The van der Waals surface area contributed by atoms with E-state index in [9.17, 15) is 0 Å². The van der Waals surface area contributed by atoms with Crippen LogP contribution in [0.5, 0.6) is 0 Å². The zero-order chi connectivity index (χ0) is 42.2. The number of benzene rings is 9. The van der Waals surface area contributed by atoms with Crippen LogP contribution in [-0.2, 0) is 5.41 Å². The maximum absolute atomic E-state index is 5.48. The molecule has 0 bridgehead atoms. The Kier molecular flexibility index (Phi) is 8.33. The third kappa shape index (κ3) is 5.64. The Hall–Kier alpha value is -7.99. The van der Waals surface area contributed by atoms with Crippen LogP contribution in [0, 0.1) is 0 Å². The normalized spacial score (nSPS) is 13.1. The molecular weight excluding hydrogens is 797 g/mol. The lowest BCUT2D eigenvalue weighted by Crippen LogP contribution is -2.31. The lowest BCUT2D eigenvalue weighted by molar-refractivity contribution is 0.723. The fourth-order valence-electron chi connectivity index (χ4n) is 10.1. The molecule has 0 unspecified atom stereocenters. The zero-order valence-corrected chi connectivity index (χ0v) is 35.3. The van der Waals surface area contributed by atoms with E-state index in [0.29, 0.717) is 17.5 Å². The van der Waals surface area contributed by atoms with Crippen molar-refractivity contribution in [2.24, 2.45) is 0 Å². The number of para-hydroxylation sites is 1. The topological polar surface area (TPSA) is 51.6 Å². The molecule has 0 N–H and O–H groups in total. The van der Waals surface area contributed by atoms with Crippen molar-refractivity contribution in [2.75, 3.05) is 0 Å². The molecule has 2 aliphatic rings. The van der Waals surface area contributed by atoms with E-state index in [1.54, 1.807) is 0 Å². The van der Waals surface area contributed by atoms with E-state index in [4.69, 9.17) is 19.9 Å². The fourth-order valence-corrected chi connectivity index (χ4v) is 11.3. The van der Waals surface area contributed by atoms with Crippen LogP contribution in [0.25, 0.3) is 89.4 Å². The molecule has 0 atom stereocenters. The smallest absolute Gasteiger partial charge is 0.164 e. The highest BCUT2D eigenvalue weighted by Crippen LogP contribution is 2.63. The molecule has 3 heterocycles. The predicted octanol–water partition coefficient (Wildman–Crippen LogP) is 14.7. The Balaban J connectivity index is 0.990. The van der Waals surface area contributed by atoms with Crippen molar-refractivity contribution in [2.45, 2.75) is 15.2 Å². The van der Waals surface area contributed by atoms with Gasteiger partial charge in [-0.15, -0.1) is 0 Å². The lowest BCUT2D eigenvalue weighted by Gasteiger charge is -2.39. The molecule has 1 aliphatic carbocycles. The van der Waals surface area contributed by atoms with Crippen molar-refractivity contribution in [3.05, 3.63) is 241 Å². The van der Waals surface area contributed by atoms with Crippen LogP contribution in [0.15, 0.2) is 228 Å². The van der Waals surface area contributed by atoms with Gasteiger partial charge in [-0.2, -0.15) is 0 Å². The molecule has 0 amide bonds. The molecule has 2 aromatic heterocycles. The first-order valence-electron chi connectivity index (χ1n) is 21.6. The number of nitrogens with zero attached hydrogens (tertiary/aromatic N) is 4. The van der Waals surface area contributed by atoms with Crippen LogP contribution in [0.1, 0.15) is 22.3 Å². The van der Waals surface area contributed by atoms with Gasteiger partial charge in [0.2, 0.25) is 0 Å². The van der Waals surface area contributed by atoms with Crippen molar-refractivity contribution in [3.8, 4) is 67.7 Å². The summed E-state index contributed by atoms with van der Waals surface area (Å²) in [5, 5.41) is 3.48. The summed E-state index contributed by atoms with van der Waals surface area (Å²) in [6, 6.07) is 78.1. The molecule has 5 heteroatoms. The van der Waals surface area contributed by atoms with Crippen LogP contribution in [0.3, 0.4) is 0 Å². The van der Waals surface area contributed by atoms with Gasteiger partial charge in [-0.25, -0.2) is 19.9 Å². The molecular formula is C59H36N4S. The Labute approximate surface area is 375 Å². The average molecular weight is 833 g/mol. The van der Waals surface area contributed by atoms with E-state index in [1.807, 2.05) is 72.4 Å². The minimum atomic E-state index is -0.462. The Morgan fingerprint density at radius 1 is 0.297 bits per heavy atom. The third-order valence-electron chi connectivity index (χ3n) is 13.0. The number of aromatic nitrogens is 4. The van der Waals surface area contributed by atoms with Gasteiger partial charge >= 0.3 is 0 Å². The summed E-state index contributed by atoms with van der Waals surface area (Å²) in [4.78, 5) is 23.1. The second-order valence-corrected chi connectivity index (χ2v) is 17.6. The molecule has 9 aromatic carbocycles. The van der Waals surface area contributed by atoms with Gasteiger partial charge in [0.25, 0.3) is 0 Å². The predicted molar refractivity (Wildman–Crippen MR) is 261 cm³/mol. The van der Waals surface area contributed by atoms with Gasteiger partial charge in [-0.05, 0) is 92.4 Å². The van der Waals surface area contributed by atoms with E-state index < -0.39 is 5.41 Å². The van der Waals surface area contributed by atoms with Crippen LogP contribution in [-0.4, -0.2) is 19.9 Å². The Bertz CT molecular complexity index is 3560. The standard InChI is InChI=1S/C59H36N4S/c1-3-17-37(18-4-1)56-61-57(38-19-5-2-6-20-38)63-58(62-56)42-24-16-22-40(34-42)39-21-15-23-41(33-39)55-47-35-46-43-25-7-9-27-48(43)59(51(46)36-45(47)44-26-8-12-30-52(44)60-55)49-28-10-13-31-53(49)64-54-32-14-11-29-50(54)59/h1-36H. The van der Waals surface area contributed by atoms with E-state index >= 15 is 0 Å². The van der Waals surface area contributed by atoms with Crippen LogP contribution < -0.4 is 0 Å². The van der Waals surface area contributed by atoms with Crippen molar-refractivity contribution >= 4 is 33.4 Å². The maximum Gasteiger partial charge on any atom is 0.164 e. The molecule has 13 rings (SSSR count). The first-order chi connectivity index (χ1) is 31.7. The summed E-state index contributed by atoms with van der Waals surface area (Å²) in [7, 11) is 0. The maximum atomic E-state index is 5.48. The third-order valence-corrected chi connectivity index (χ3v) is 14.1. The van der Waals surface area contributed by atoms with Gasteiger partial charge in [-0.3, -0.25) is 0 Å². The lowest BCUT2D eigenvalue weighted by atomic mass is 9.67. The highest BCUT2D eigenvalue weighted by molar-refractivity contribution is 7.99. The second-order valence-electron chi connectivity index (χ2n) is 16.5. The van der Waals surface area contributed by atoms with Gasteiger partial charge < -0.3 is 0 Å². The van der Waals surface area contributed by atoms with Crippen molar-refractivity contribution < 1.29 is 0 Å². The van der Waals surface area contributed by atoms with Gasteiger partial charge in [0.1, 0.15) is 0 Å². The number of rotatable bonds is 5. The van der Waals surface area contributed by atoms with E-state index in [1.165, 1.54) is 48.6 Å². The summed E-state index contributed by atoms with van der Waals surface area (Å²) in [5.41, 5.74) is 15.3. The van der Waals surface area contributed by atoms with Crippen LogP contribution >= 0.6 is 11.8 Å². The van der Waals surface area contributed by atoms with Gasteiger partial charge in [-0.1, -0.05) is 188 Å². The molecule has 64 heavy (non-hydrogen) atoms. The Morgan fingerprint density at radius 3 is 1.47 bits per heavy atom. The van der Waals surface area contributed by atoms with Crippen LogP contribution in [0.4, 0.5) is 0 Å². The van der Waals surface area contributed by atoms with E-state index in [2.05, 4.69) is 158 Å². The summed E-state index contributed by atoms with van der Waals surface area (Å²) in [6.07, 6.45) is 0. The second kappa shape index (κ2) is 14.6. The molecule has 0 fully saturated rings. The summed E-state index contributed by atoms with van der Waals surface area (Å²) in [5.74, 6) is 1.91. The minimum Gasteiger partial charge on any atom is -0.247 e. The first-order valence-corrected chi connectivity index (χ1v) is 22.4. The summed E-state index contributed by atoms with van der Waals surface area (Å²) >= 11 is 1.88. The van der Waals surface area contributed by atoms with Crippen LogP contribution in [0.2, 0.25) is 0 Å². The largest absolute Gasteiger partial charge is 0.247 e. The summed E-state index contributed by atoms with van der Waals surface area (Å²) < 4.78 is 0. The SMILES string of the molecule is c1ccc(-c2nc(-c3ccccc3)nc(-c3cccc(-c4cccc(-c5nc6ccccc6c6cc7c(cc56)-c5ccccc5C75c6ccccc6Sc6ccccc65)c4)c3)n2)cc1. The quantitative estimate of drug-likeness (QED) is 0.162. The van der Waals surface area contributed by atoms with Gasteiger partial charge in [0, 0.05) is 42.8 Å². The van der Waals surface area contributed by atoms with Crippen molar-refractivity contribution in [1.82, 2.24) is 19.9 Å². The zero-order valence-electron chi connectivity index (χ0n) is 34.5. The molecule has 0 saturated carbocycles. The van der Waals surface area contributed by atoms with Crippen molar-refractivity contribution in [1.29, 1.82) is 0 Å². The van der Waals surface area contributed by atoms with Gasteiger partial charge in [0.15, 0.2) is 17.5 Å². The Morgan fingerprint density at radius 2 is 0.797 bits per heavy atom. The fraction of sp³-hybridized carbons (Fsp3) is 0.0169. The molecule has 1 aliphatic heterocycles. The highest BCUT2D eigenvalue weighted by Gasteiger charge is 2.50. The molecule has 1 spiro atoms. The highest BCUT2D eigenvalue weighted by atomic mass is 32.2. The average Bonchev–Trinajstić information content (AvgIpc) is 3.65. The molecule has 0 saturated heterocycles. The van der Waals surface area contributed by atoms with E-state index in [-0.39, 0.29) is 0 Å². The van der Waals surface area contributed by atoms with E-state index in [0.717, 1.165) is 55.4 Å². The molecule has 0 radical (unpaired) electrons. The molecule has 4 nitrogen and oxygen atoms in total. The number of fused-ring (bicyclic) bond motifs is 12. The summed E-state index contributed by atoms with van der Waals surface area (Å²) in [6.45, 7) is 0. The minimum absolute atomic E-state index is 0.462. The first kappa shape index (κ1) is 36.6. The monoisotopic (exact) mass is 832 g/mol. The molecule has 298 valence electrons. The van der Waals surface area contributed by atoms with Crippen molar-refractivity contribution in [3.63, 3.8) is 0 Å².